The molecule has 0 spiro atoms. The molecule has 3 rings (SSSR count). The Morgan fingerprint density at radius 2 is 1.94 bits per heavy atom. The van der Waals surface area contributed by atoms with Crippen molar-refractivity contribution in [1.29, 1.82) is 0 Å². The van der Waals surface area contributed by atoms with Crippen LogP contribution >= 0.6 is 0 Å². The van der Waals surface area contributed by atoms with Gasteiger partial charge in [0.1, 0.15) is 11.4 Å². The maximum absolute atomic E-state index is 15.1. The highest BCUT2D eigenvalue weighted by atomic mass is 19.1. The predicted molar refractivity (Wildman–Crippen MR) is 114 cm³/mol. The molecule has 1 saturated carbocycles. The van der Waals surface area contributed by atoms with Crippen LogP contribution in [0.5, 0.6) is 0 Å². The minimum Gasteiger partial charge on any atom is -0.444 e. The van der Waals surface area contributed by atoms with E-state index in [0.29, 0.717) is 42.9 Å². The van der Waals surface area contributed by atoms with Crippen molar-refractivity contribution in [1.82, 2.24) is 16.2 Å². The van der Waals surface area contributed by atoms with Gasteiger partial charge in [0.15, 0.2) is 0 Å². The van der Waals surface area contributed by atoms with E-state index in [9.17, 15) is 14.4 Å². The number of hydrogen-bond acceptors (Lipinski definition) is 6. The van der Waals surface area contributed by atoms with E-state index in [-0.39, 0.29) is 17.6 Å². The molecule has 1 aromatic rings. The Labute approximate surface area is 181 Å². The van der Waals surface area contributed by atoms with Crippen LogP contribution in [0, 0.1) is 12.7 Å². The number of hydrazine groups is 1. The number of alkyl carbamates (subject to hydrolysis) is 1. The van der Waals surface area contributed by atoms with Gasteiger partial charge < -0.3 is 20.3 Å². The number of carbonyl (C=O) groups is 3. The molecule has 1 aliphatic heterocycles. The molecule has 2 aliphatic rings. The third-order valence-electron chi connectivity index (χ3n) is 5.14. The Morgan fingerprint density at radius 3 is 2.55 bits per heavy atom. The zero-order valence-electron chi connectivity index (χ0n) is 18.3. The Balaban J connectivity index is 1.80. The fourth-order valence-corrected chi connectivity index (χ4v) is 3.67. The van der Waals surface area contributed by atoms with Crippen LogP contribution in [0.2, 0.25) is 0 Å². The zero-order chi connectivity index (χ0) is 22.8. The van der Waals surface area contributed by atoms with Gasteiger partial charge in [0.2, 0.25) is 6.41 Å². The summed E-state index contributed by atoms with van der Waals surface area (Å²) in [5, 5.41) is 6.15. The van der Waals surface area contributed by atoms with Crippen molar-refractivity contribution >= 4 is 29.8 Å². The molecule has 10 heteroatoms. The normalized spacial score (nSPS) is 18.4. The highest BCUT2D eigenvalue weighted by molar-refractivity contribution is 6.01. The SMILES string of the molecule is Cc1c(NC2CC2)c(C(=O)NNC=O)cc(F)c1N1CCC(NC(=O)OC(C)(C)C)C1. The van der Waals surface area contributed by atoms with E-state index in [4.69, 9.17) is 4.74 Å². The van der Waals surface area contributed by atoms with Gasteiger partial charge in [0.05, 0.1) is 23.0 Å². The summed E-state index contributed by atoms with van der Waals surface area (Å²) in [5.74, 6) is -1.14. The van der Waals surface area contributed by atoms with Gasteiger partial charge in [-0.3, -0.25) is 20.4 Å². The van der Waals surface area contributed by atoms with Crippen molar-refractivity contribution in [2.24, 2.45) is 0 Å². The fourth-order valence-electron chi connectivity index (χ4n) is 3.67. The van der Waals surface area contributed by atoms with E-state index in [1.807, 2.05) is 4.90 Å². The van der Waals surface area contributed by atoms with E-state index in [1.54, 1.807) is 27.7 Å². The number of amides is 3. The molecule has 31 heavy (non-hydrogen) atoms. The number of rotatable bonds is 7. The number of nitrogens with one attached hydrogen (secondary N) is 4. The van der Waals surface area contributed by atoms with Crippen molar-refractivity contribution in [2.75, 3.05) is 23.3 Å². The lowest BCUT2D eigenvalue weighted by Crippen LogP contribution is -2.40. The van der Waals surface area contributed by atoms with Gasteiger partial charge in [-0.1, -0.05) is 0 Å². The lowest BCUT2D eigenvalue weighted by Gasteiger charge is -2.26. The quantitative estimate of drug-likeness (QED) is 0.386. The van der Waals surface area contributed by atoms with Gasteiger partial charge in [-0.25, -0.2) is 9.18 Å². The van der Waals surface area contributed by atoms with Crippen LogP contribution in [0.25, 0.3) is 0 Å². The second-order valence-electron chi connectivity index (χ2n) is 8.97. The molecule has 2 fully saturated rings. The molecule has 1 heterocycles. The number of halogens is 1. The second kappa shape index (κ2) is 8.99. The smallest absolute Gasteiger partial charge is 0.407 e. The summed E-state index contributed by atoms with van der Waals surface area (Å²) in [5.41, 5.74) is 5.43. The number of ether oxygens (including phenoxy) is 1. The Hall–Kier alpha value is -3.04. The lowest BCUT2D eigenvalue weighted by molar-refractivity contribution is -0.110. The summed E-state index contributed by atoms with van der Waals surface area (Å²) < 4.78 is 20.4. The monoisotopic (exact) mass is 435 g/mol. The van der Waals surface area contributed by atoms with Crippen molar-refractivity contribution in [3.63, 3.8) is 0 Å². The molecule has 1 aromatic carbocycles. The van der Waals surface area contributed by atoms with Crippen LogP contribution in [0.1, 0.15) is 56.0 Å². The van der Waals surface area contributed by atoms with E-state index in [0.717, 1.165) is 12.8 Å². The number of benzene rings is 1. The van der Waals surface area contributed by atoms with Crippen molar-refractivity contribution in [2.45, 2.75) is 64.6 Å². The lowest BCUT2D eigenvalue weighted by atomic mass is 10.0. The average Bonchev–Trinajstić information content (AvgIpc) is 3.38. The maximum atomic E-state index is 15.1. The van der Waals surface area contributed by atoms with Crippen LogP contribution in [-0.2, 0) is 9.53 Å². The number of hydrogen-bond donors (Lipinski definition) is 4. The van der Waals surface area contributed by atoms with Crippen LogP contribution in [0.15, 0.2) is 6.07 Å². The molecule has 4 N–H and O–H groups in total. The summed E-state index contributed by atoms with van der Waals surface area (Å²) in [7, 11) is 0. The van der Waals surface area contributed by atoms with Gasteiger partial charge >= 0.3 is 6.09 Å². The van der Waals surface area contributed by atoms with Gasteiger partial charge in [-0.05, 0) is 58.6 Å². The fraction of sp³-hybridized carbons (Fsp3) is 0.571. The highest BCUT2D eigenvalue weighted by Crippen LogP contribution is 2.37. The molecule has 0 bridgehead atoms. The van der Waals surface area contributed by atoms with Crippen molar-refractivity contribution in [3.8, 4) is 0 Å². The number of carbonyl (C=O) groups excluding carboxylic acids is 3. The predicted octanol–water partition coefficient (Wildman–Crippen LogP) is 2.20. The summed E-state index contributed by atoms with van der Waals surface area (Å²) in [6, 6.07) is 1.25. The Morgan fingerprint density at radius 1 is 1.23 bits per heavy atom. The first-order valence-corrected chi connectivity index (χ1v) is 10.4. The molecular formula is C21H30FN5O4. The molecule has 1 aliphatic carbocycles. The third kappa shape index (κ3) is 5.77. The maximum Gasteiger partial charge on any atom is 0.407 e. The average molecular weight is 436 g/mol. The summed E-state index contributed by atoms with van der Waals surface area (Å²) in [6.45, 7) is 8.13. The molecule has 1 unspecified atom stereocenters. The minimum atomic E-state index is -0.602. The van der Waals surface area contributed by atoms with Crippen LogP contribution in [-0.4, -0.2) is 49.2 Å². The van der Waals surface area contributed by atoms with E-state index in [2.05, 4.69) is 21.5 Å². The standard InChI is InChI=1S/C21H30FN5O4/c1-12-17(24-13-5-6-13)15(19(29)26-23-11-28)9-16(22)18(12)27-8-7-14(10-27)25-20(30)31-21(2,3)4/h9,11,13-14,24H,5-8,10H2,1-4H3,(H,23,28)(H,25,30)(H,26,29). The van der Waals surface area contributed by atoms with E-state index < -0.39 is 23.4 Å². The van der Waals surface area contributed by atoms with Gasteiger partial charge in [0.25, 0.3) is 5.91 Å². The molecule has 1 atom stereocenters. The third-order valence-corrected chi connectivity index (χ3v) is 5.14. The second-order valence-corrected chi connectivity index (χ2v) is 8.97. The largest absolute Gasteiger partial charge is 0.444 e. The topological polar surface area (TPSA) is 112 Å². The molecule has 0 radical (unpaired) electrons. The first-order chi connectivity index (χ1) is 14.6. The highest BCUT2D eigenvalue weighted by Gasteiger charge is 2.32. The number of anilines is 2. The zero-order valence-corrected chi connectivity index (χ0v) is 18.3. The van der Waals surface area contributed by atoms with Gasteiger partial charge in [0, 0.05) is 19.1 Å². The Bertz CT molecular complexity index is 866. The molecule has 0 aromatic heterocycles. The Kier molecular flexibility index (Phi) is 6.56. The first kappa shape index (κ1) is 22.6. The summed E-state index contributed by atoms with van der Waals surface area (Å²) in [4.78, 5) is 36.9. The van der Waals surface area contributed by atoms with Gasteiger partial charge in [-0.15, -0.1) is 0 Å². The summed E-state index contributed by atoms with van der Waals surface area (Å²) in [6.07, 6.45) is 2.44. The molecule has 9 nitrogen and oxygen atoms in total. The van der Waals surface area contributed by atoms with E-state index >= 15 is 4.39 Å². The first-order valence-electron chi connectivity index (χ1n) is 10.4. The molecule has 3 amide bonds. The van der Waals surface area contributed by atoms with Crippen LogP contribution in [0.3, 0.4) is 0 Å². The van der Waals surface area contributed by atoms with Crippen LogP contribution in [0.4, 0.5) is 20.6 Å². The van der Waals surface area contributed by atoms with Crippen molar-refractivity contribution < 1.29 is 23.5 Å². The molecule has 170 valence electrons. The van der Waals surface area contributed by atoms with E-state index in [1.165, 1.54) is 6.07 Å². The van der Waals surface area contributed by atoms with Crippen LogP contribution < -0.4 is 26.4 Å². The molecule has 1 saturated heterocycles. The summed E-state index contributed by atoms with van der Waals surface area (Å²) >= 11 is 0. The molecular weight excluding hydrogens is 405 g/mol. The number of nitrogens with zero attached hydrogens (tertiary/aromatic N) is 1. The van der Waals surface area contributed by atoms with Gasteiger partial charge in [-0.2, -0.15) is 0 Å². The minimum absolute atomic E-state index is 0.127. The van der Waals surface area contributed by atoms with Crippen molar-refractivity contribution in [3.05, 3.63) is 23.0 Å².